The van der Waals surface area contributed by atoms with Crippen LogP contribution in [0.2, 0.25) is 0 Å². The Morgan fingerprint density at radius 3 is 3.05 bits per heavy atom. The number of benzene rings is 1. The first-order valence-electron chi connectivity index (χ1n) is 7.61. The van der Waals surface area contributed by atoms with Crippen LogP contribution < -0.4 is 5.32 Å². The first-order chi connectivity index (χ1) is 9.75. The maximum atomic E-state index is 4.40. The van der Waals surface area contributed by atoms with Crippen molar-refractivity contribution in [1.29, 1.82) is 0 Å². The molecule has 0 spiro atoms. The summed E-state index contributed by atoms with van der Waals surface area (Å²) in [5.41, 5.74) is 5.78. The third-order valence-electron chi connectivity index (χ3n) is 4.95. The predicted octanol–water partition coefficient (Wildman–Crippen LogP) is 3.71. The van der Waals surface area contributed by atoms with Crippen molar-refractivity contribution in [3.8, 4) is 11.3 Å². The molecule has 4 rings (SSSR count). The van der Waals surface area contributed by atoms with Crippen molar-refractivity contribution in [2.24, 2.45) is 5.41 Å². The fourth-order valence-corrected chi connectivity index (χ4v) is 3.57. The molecular formula is C17H21N3. The Hall–Kier alpha value is -1.77. The summed E-state index contributed by atoms with van der Waals surface area (Å²) in [5.74, 6) is 0. The summed E-state index contributed by atoms with van der Waals surface area (Å²) in [6.07, 6.45) is 9.20. The molecule has 0 saturated heterocycles. The highest BCUT2D eigenvalue weighted by Crippen LogP contribution is 2.43. The highest BCUT2D eigenvalue weighted by molar-refractivity contribution is 5.79. The number of rotatable bonds is 3. The Bertz CT molecular complexity index is 637. The lowest BCUT2D eigenvalue weighted by Crippen LogP contribution is -2.30. The van der Waals surface area contributed by atoms with Gasteiger partial charge < -0.3 is 9.88 Å². The van der Waals surface area contributed by atoms with Gasteiger partial charge in [-0.2, -0.15) is 0 Å². The van der Waals surface area contributed by atoms with Crippen molar-refractivity contribution in [3.05, 3.63) is 36.3 Å². The largest absolute Gasteiger partial charge is 0.384 e. The first-order valence-corrected chi connectivity index (χ1v) is 7.61. The molecule has 1 aromatic carbocycles. The Morgan fingerprint density at radius 2 is 2.25 bits per heavy atom. The molecule has 2 heterocycles. The lowest BCUT2D eigenvalue weighted by molar-refractivity contribution is 0.133. The van der Waals surface area contributed by atoms with Gasteiger partial charge in [0.1, 0.15) is 0 Å². The molecule has 0 radical (unpaired) electrons. The molecule has 1 fully saturated rings. The van der Waals surface area contributed by atoms with Gasteiger partial charge in [-0.1, -0.05) is 31.5 Å². The highest BCUT2D eigenvalue weighted by Gasteiger charge is 2.32. The Morgan fingerprint density at radius 1 is 1.35 bits per heavy atom. The Kier molecular flexibility index (Phi) is 2.62. The molecule has 20 heavy (non-hydrogen) atoms. The molecule has 104 valence electrons. The van der Waals surface area contributed by atoms with Gasteiger partial charge in [0, 0.05) is 24.3 Å². The van der Waals surface area contributed by atoms with E-state index < -0.39 is 0 Å². The average molecular weight is 267 g/mol. The minimum Gasteiger partial charge on any atom is -0.384 e. The van der Waals surface area contributed by atoms with Crippen LogP contribution in [0.1, 0.15) is 31.7 Å². The third-order valence-corrected chi connectivity index (χ3v) is 4.95. The summed E-state index contributed by atoms with van der Waals surface area (Å²) in [7, 11) is 0. The van der Waals surface area contributed by atoms with E-state index in [4.69, 9.17) is 0 Å². The van der Waals surface area contributed by atoms with Crippen molar-refractivity contribution in [2.75, 3.05) is 11.9 Å². The maximum absolute atomic E-state index is 4.40. The Labute approximate surface area is 120 Å². The molecule has 3 heteroatoms. The number of anilines is 1. The van der Waals surface area contributed by atoms with Crippen LogP contribution in [0.25, 0.3) is 11.3 Å². The van der Waals surface area contributed by atoms with E-state index in [-0.39, 0.29) is 0 Å². The number of nitrogens with one attached hydrogen (secondary N) is 1. The van der Waals surface area contributed by atoms with E-state index in [1.54, 1.807) is 0 Å². The molecule has 2 aliphatic rings. The zero-order valence-corrected chi connectivity index (χ0v) is 12.0. The summed E-state index contributed by atoms with van der Waals surface area (Å²) < 4.78 is 2.34. The average Bonchev–Trinajstić information content (AvgIpc) is 3.04. The van der Waals surface area contributed by atoms with Gasteiger partial charge in [0.05, 0.1) is 18.2 Å². The molecule has 1 aliphatic carbocycles. The molecule has 0 bridgehead atoms. The van der Waals surface area contributed by atoms with Gasteiger partial charge in [-0.25, -0.2) is 4.98 Å². The topological polar surface area (TPSA) is 29.9 Å². The number of para-hydroxylation sites is 1. The summed E-state index contributed by atoms with van der Waals surface area (Å²) in [6.45, 7) is 4.54. The molecule has 1 saturated carbocycles. The molecule has 3 nitrogen and oxygen atoms in total. The molecule has 2 aromatic rings. The van der Waals surface area contributed by atoms with E-state index >= 15 is 0 Å². The molecule has 0 unspecified atom stereocenters. The summed E-state index contributed by atoms with van der Waals surface area (Å²) in [4.78, 5) is 4.40. The smallest absolute Gasteiger partial charge is 0.0951 e. The van der Waals surface area contributed by atoms with Crippen molar-refractivity contribution >= 4 is 5.69 Å². The van der Waals surface area contributed by atoms with Crippen LogP contribution in [-0.2, 0) is 13.0 Å². The van der Waals surface area contributed by atoms with E-state index in [0.717, 1.165) is 19.5 Å². The molecule has 1 aromatic heterocycles. The van der Waals surface area contributed by atoms with E-state index in [1.807, 2.05) is 12.5 Å². The fourth-order valence-electron chi connectivity index (χ4n) is 3.57. The molecule has 0 amide bonds. The number of hydrogen-bond donors (Lipinski definition) is 1. The SMILES string of the molecule is CC1(Cn2cncc2-c2cccc3c2NCC3)CCC1. The molecule has 0 atom stereocenters. The first kappa shape index (κ1) is 12.0. The highest BCUT2D eigenvalue weighted by atomic mass is 15.1. The normalized spacial score (nSPS) is 19.2. The lowest BCUT2D eigenvalue weighted by Gasteiger charge is -2.39. The standard InChI is InChI=1S/C17H21N3/c1-17(7-3-8-17)11-20-12-18-10-15(20)14-5-2-4-13-6-9-19-16(13)14/h2,4-5,10,12,19H,3,6-9,11H2,1H3. The van der Waals surface area contributed by atoms with Crippen LogP contribution in [0, 0.1) is 5.41 Å². The monoisotopic (exact) mass is 267 g/mol. The molecular weight excluding hydrogens is 246 g/mol. The summed E-state index contributed by atoms with van der Waals surface area (Å²) >= 11 is 0. The molecule has 1 N–H and O–H groups in total. The van der Waals surface area contributed by atoms with Crippen LogP contribution in [-0.4, -0.2) is 16.1 Å². The van der Waals surface area contributed by atoms with Crippen LogP contribution in [0.3, 0.4) is 0 Å². The van der Waals surface area contributed by atoms with Gasteiger partial charge in [0.2, 0.25) is 0 Å². The zero-order chi connectivity index (χ0) is 13.6. The number of imidazole rings is 1. The summed E-state index contributed by atoms with van der Waals surface area (Å²) in [6, 6.07) is 6.62. The minimum atomic E-state index is 0.473. The lowest BCUT2D eigenvalue weighted by atomic mass is 9.70. The van der Waals surface area contributed by atoms with Crippen LogP contribution >= 0.6 is 0 Å². The van der Waals surface area contributed by atoms with E-state index in [2.05, 4.69) is 40.0 Å². The second kappa shape index (κ2) is 4.37. The van der Waals surface area contributed by atoms with Gasteiger partial charge in [-0.15, -0.1) is 0 Å². The van der Waals surface area contributed by atoms with Crippen molar-refractivity contribution in [1.82, 2.24) is 9.55 Å². The summed E-state index contributed by atoms with van der Waals surface area (Å²) in [5, 5.41) is 3.53. The van der Waals surface area contributed by atoms with Gasteiger partial charge in [-0.05, 0) is 30.2 Å². The Balaban J connectivity index is 1.73. The fraction of sp³-hybridized carbons (Fsp3) is 0.471. The minimum absolute atomic E-state index is 0.473. The molecule has 1 aliphatic heterocycles. The van der Waals surface area contributed by atoms with Gasteiger partial charge in [0.15, 0.2) is 0 Å². The van der Waals surface area contributed by atoms with Crippen LogP contribution in [0.5, 0.6) is 0 Å². The van der Waals surface area contributed by atoms with Crippen molar-refractivity contribution in [2.45, 2.75) is 39.2 Å². The quantitative estimate of drug-likeness (QED) is 0.918. The second-order valence-electron chi connectivity index (χ2n) is 6.59. The van der Waals surface area contributed by atoms with Crippen LogP contribution in [0.15, 0.2) is 30.7 Å². The van der Waals surface area contributed by atoms with E-state index in [0.29, 0.717) is 5.41 Å². The van der Waals surface area contributed by atoms with Crippen molar-refractivity contribution < 1.29 is 0 Å². The maximum Gasteiger partial charge on any atom is 0.0951 e. The van der Waals surface area contributed by atoms with E-state index in [9.17, 15) is 0 Å². The van der Waals surface area contributed by atoms with E-state index in [1.165, 1.54) is 41.8 Å². The zero-order valence-electron chi connectivity index (χ0n) is 12.0. The number of nitrogens with zero attached hydrogens (tertiary/aromatic N) is 2. The second-order valence-corrected chi connectivity index (χ2v) is 6.59. The number of aromatic nitrogens is 2. The number of fused-ring (bicyclic) bond motifs is 1. The van der Waals surface area contributed by atoms with Crippen molar-refractivity contribution in [3.63, 3.8) is 0 Å². The van der Waals surface area contributed by atoms with Crippen LogP contribution in [0.4, 0.5) is 5.69 Å². The number of hydrogen-bond acceptors (Lipinski definition) is 2. The predicted molar refractivity (Wildman–Crippen MR) is 81.8 cm³/mol. The van der Waals surface area contributed by atoms with Gasteiger partial charge >= 0.3 is 0 Å². The van der Waals surface area contributed by atoms with Gasteiger partial charge in [-0.3, -0.25) is 0 Å². The van der Waals surface area contributed by atoms with Gasteiger partial charge in [0.25, 0.3) is 0 Å². The third kappa shape index (κ3) is 1.84.